The second kappa shape index (κ2) is 18.7. The summed E-state index contributed by atoms with van der Waals surface area (Å²) < 4.78 is 8.38. The first kappa shape index (κ1) is 16.3. The van der Waals surface area contributed by atoms with Gasteiger partial charge in [-0.3, -0.25) is 0 Å². The molecule has 0 aliphatic rings. The molecule has 0 rings (SSSR count). The molecule has 0 unspecified atom stereocenters. The van der Waals surface area contributed by atoms with Gasteiger partial charge in [0, 0.05) is 27.3 Å². The van der Waals surface area contributed by atoms with Crippen molar-refractivity contribution >= 4 is 46.0 Å². The molecule has 0 heterocycles. The first-order valence-electron chi connectivity index (χ1n) is 0.289. The summed E-state index contributed by atoms with van der Waals surface area (Å²) in [4.78, 5) is 0. The molecule has 0 atom stereocenters. The molecule has 0 aliphatic heterocycles. The van der Waals surface area contributed by atoms with Gasteiger partial charge in [0.05, 0.1) is 0 Å². The third-order valence-corrected chi connectivity index (χ3v) is 0. The predicted molar refractivity (Wildman–Crippen MR) is 16.4 cm³/mol. The summed E-state index contributed by atoms with van der Waals surface area (Å²) in [6, 6.07) is 0. The Balaban J connectivity index is -0.00000000500. The van der Waals surface area contributed by atoms with E-state index in [0.29, 0.717) is 0 Å². The van der Waals surface area contributed by atoms with Crippen LogP contribution in [-0.2, 0) is 31.1 Å². The van der Waals surface area contributed by atoms with E-state index in [0.717, 1.165) is 0 Å². The molecule has 0 saturated heterocycles. The van der Waals surface area contributed by atoms with Crippen molar-refractivity contribution < 1.29 is 31.1 Å². The van der Waals surface area contributed by atoms with Crippen molar-refractivity contribution in [3.8, 4) is 0 Å². The Morgan fingerprint density at radius 3 is 1.25 bits per heavy atom. The molecule has 0 saturated carbocycles. The molecule has 0 fully saturated rings. The maximum atomic E-state index is 8.38. The Morgan fingerprint density at radius 1 is 1.25 bits per heavy atom. The van der Waals surface area contributed by atoms with Crippen LogP contribution < -0.4 is 0 Å². The van der Waals surface area contributed by atoms with Crippen LogP contribution in [0.3, 0.4) is 0 Å². The van der Waals surface area contributed by atoms with Crippen molar-refractivity contribution in [2.75, 3.05) is 0 Å². The maximum absolute atomic E-state index is 8.38. The molecule has 0 spiro atoms. The van der Waals surface area contributed by atoms with Gasteiger partial charge in [-0.2, -0.15) is 0 Å². The van der Waals surface area contributed by atoms with Gasteiger partial charge in [-0.1, -0.05) is 0 Å². The van der Waals surface area contributed by atoms with Crippen LogP contribution >= 0.6 is 0 Å². The third-order valence-electron chi connectivity index (χ3n) is 0. The Labute approximate surface area is 75.8 Å². The molecule has 0 amide bonds. The van der Waals surface area contributed by atoms with Crippen molar-refractivity contribution in [1.82, 2.24) is 0 Å². The molecule has 1 nitrogen and oxygen atoms in total. The molecule has 0 aromatic carbocycles. The SMILES string of the molecule is [Cd].[NaH].[O]=[GeH2]. The minimum absolute atomic E-state index is 0. The zero-order chi connectivity index (χ0) is 2.00. The third kappa shape index (κ3) is 8.86. The molecule has 4 heteroatoms. The van der Waals surface area contributed by atoms with Gasteiger partial charge >= 0.3 is 49.8 Å². The standard InChI is InChI=1S/Cd.GeH2O.Na.H/c;1-2;;/h;1H2;;. The minimum atomic E-state index is 0. The van der Waals surface area contributed by atoms with Gasteiger partial charge in [0.2, 0.25) is 0 Å². The van der Waals surface area contributed by atoms with Crippen LogP contribution in [0.25, 0.3) is 0 Å². The van der Waals surface area contributed by atoms with Crippen LogP contribution in [0.4, 0.5) is 0 Å². The van der Waals surface area contributed by atoms with E-state index in [2.05, 4.69) is 0 Å². The number of hydrogen-bond donors (Lipinski definition) is 0. The van der Waals surface area contributed by atoms with E-state index in [1.807, 2.05) is 0 Å². The quantitative estimate of drug-likeness (QED) is 0.451. The van der Waals surface area contributed by atoms with E-state index in [-0.39, 0.29) is 73.3 Å². The average molecular weight is 227 g/mol. The van der Waals surface area contributed by atoms with E-state index in [4.69, 9.17) is 3.78 Å². The summed E-state index contributed by atoms with van der Waals surface area (Å²) in [5, 5.41) is 0. The summed E-state index contributed by atoms with van der Waals surface area (Å²) in [5.74, 6) is 0. The fourth-order valence-corrected chi connectivity index (χ4v) is 0. The second-order valence-corrected chi connectivity index (χ2v) is 0. The summed E-state index contributed by atoms with van der Waals surface area (Å²) in [6.45, 7) is 0. The van der Waals surface area contributed by atoms with Gasteiger partial charge in [0.1, 0.15) is 0 Å². The molecule has 0 aromatic heterocycles. The number of rotatable bonds is 0. The Bertz CT molecular complexity index is 8.00. The van der Waals surface area contributed by atoms with Crippen molar-refractivity contribution in [3.05, 3.63) is 0 Å². The first-order chi connectivity index (χ1) is 1.00. The van der Waals surface area contributed by atoms with Crippen LogP contribution in [0.2, 0.25) is 0 Å². The van der Waals surface area contributed by atoms with Gasteiger partial charge in [-0.05, 0) is 0 Å². The van der Waals surface area contributed by atoms with Crippen LogP contribution in [-0.4, -0.2) is 46.0 Å². The van der Waals surface area contributed by atoms with E-state index >= 15 is 0 Å². The van der Waals surface area contributed by atoms with Gasteiger partial charge in [0.15, 0.2) is 0 Å². The fourth-order valence-electron chi connectivity index (χ4n) is 0. The summed E-state index contributed by atoms with van der Waals surface area (Å²) in [6.07, 6.45) is 0. The molecule has 0 radical (unpaired) electrons. The zero-order valence-corrected chi connectivity index (χ0v) is 8.83. The molecule has 0 N–H and O–H groups in total. The molecule has 4 heavy (non-hydrogen) atoms. The van der Waals surface area contributed by atoms with Gasteiger partial charge in [0.25, 0.3) is 0 Å². The molecule has 16 valence electrons. The average Bonchev–Trinajstić information content (AvgIpc) is 1.00. The van der Waals surface area contributed by atoms with Crippen LogP contribution in [0.15, 0.2) is 0 Å². The zero-order valence-electron chi connectivity index (χ0n) is 1.82. The van der Waals surface area contributed by atoms with Gasteiger partial charge < -0.3 is 0 Å². The van der Waals surface area contributed by atoms with Gasteiger partial charge in [-0.15, -0.1) is 0 Å². The number of hydrogen-bond acceptors (Lipinski definition) is 1. The van der Waals surface area contributed by atoms with E-state index in [1.54, 1.807) is 0 Å². The van der Waals surface area contributed by atoms with Crippen molar-refractivity contribution in [1.29, 1.82) is 0 Å². The first-order valence-corrected chi connectivity index (χ1v) is 1.50. The molecular weight excluding hydrogens is 224 g/mol. The van der Waals surface area contributed by atoms with Crippen molar-refractivity contribution in [3.63, 3.8) is 0 Å². The normalized spacial score (nSPS) is 1.00. The molecule has 0 aromatic rings. The predicted octanol–water partition coefficient (Wildman–Crippen LogP) is -1.69. The molecule has 0 bridgehead atoms. The second-order valence-electron chi connectivity index (χ2n) is 0. The summed E-state index contributed by atoms with van der Waals surface area (Å²) >= 11 is 0.125. The van der Waals surface area contributed by atoms with Crippen LogP contribution in [0, 0.1) is 0 Å². The van der Waals surface area contributed by atoms with Crippen molar-refractivity contribution in [2.45, 2.75) is 0 Å². The monoisotopic (exact) mass is 230 g/mol. The van der Waals surface area contributed by atoms with E-state index in [1.165, 1.54) is 0 Å². The van der Waals surface area contributed by atoms with Crippen LogP contribution in [0.1, 0.15) is 0 Å². The fraction of sp³-hybridized carbons (Fsp3) is 0. The Hall–Kier alpha value is 2.26. The van der Waals surface area contributed by atoms with E-state index in [9.17, 15) is 0 Å². The van der Waals surface area contributed by atoms with E-state index < -0.39 is 0 Å². The van der Waals surface area contributed by atoms with Crippen molar-refractivity contribution in [2.24, 2.45) is 0 Å². The Morgan fingerprint density at radius 2 is 1.25 bits per heavy atom. The van der Waals surface area contributed by atoms with Crippen LogP contribution in [0.5, 0.6) is 0 Å². The van der Waals surface area contributed by atoms with Gasteiger partial charge in [-0.25, -0.2) is 0 Å². The summed E-state index contributed by atoms with van der Waals surface area (Å²) in [5.41, 5.74) is 0. The summed E-state index contributed by atoms with van der Waals surface area (Å²) in [7, 11) is 0. The Kier molecular flexibility index (Phi) is 76.0. The molecular formula is H3CdGeNaO. The molecule has 0 aliphatic carbocycles. The topological polar surface area (TPSA) is 17.1 Å².